The van der Waals surface area contributed by atoms with Gasteiger partial charge in [0.15, 0.2) is 0 Å². The van der Waals surface area contributed by atoms with Gasteiger partial charge in [-0.3, -0.25) is 0 Å². The molecule has 0 aliphatic heterocycles. The second-order valence-corrected chi connectivity index (χ2v) is 6.21. The van der Waals surface area contributed by atoms with Crippen molar-refractivity contribution in [3.63, 3.8) is 0 Å². The molecule has 106 valence electrons. The quantitative estimate of drug-likeness (QED) is 0.846. The minimum absolute atomic E-state index is 0.00735. The number of hydrogen-bond acceptors (Lipinski definition) is 4. The lowest BCUT2D eigenvalue weighted by Gasteiger charge is -2.22. The maximum absolute atomic E-state index is 11.5. The molecular formula is C14H17N3O2S. The summed E-state index contributed by atoms with van der Waals surface area (Å²) in [5, 5.41) is 5.16. The summed E-state index contributed by atoms with van der Waals surface area (Å²) in [5.41, 5.74) is 8.84. The van der Waals surface area contributed by atoms with E-state index in [0.29, 0.717) is 11.4 Å². The summed E-state index contributed by atoms with van der Waals surface area (Å²) in [6.07, 6.45) is 0. The third kappa shape index (κ3) is 2.92. The van der Waals surface area contributed by atoms with E-state index in [1.165, 1.54) is 12.1 Å². The van der Waals surface area contributed by atoms with Crippen LogP contribution in [0.25, 0.3) is 0 Å². The van der Waals surface area contributed by atoms with Gasteiger partial charge in [0.2, 0.25) is 10.0 Å². The number of nitrogens with two attached hydrogens (primary N) is 2. The highest BCUT2D eigenvalue weighted by atomic mass is 32.2. The predicted molar refractivity (Wildman–Crippen MR) is 81.5 cm³/mol. The van der Waals surface area contributed by atoms with Crippen LogP contribution in [0.5, 0.6) is 0 Å². The molecule has 0 saturated heterocycles. The first kappa shape index (κ1) is 14.4. The SMILES string of the molecule is Cc1ccccc1N(C)c1cc(N)cc(S(N)(=O)=O)c1. The van der Waals surface area contributed by atoms with E-state index < -0.39 is 10.0 Å². The highest BCUT2D eigenvalue weighted by molar-refractivity contribution is 7.89. The van der Waals surface area contributed by atoms with Crippen molar-refractivity contribution in [3.05, 3.63) is 48.0 Å². The van der Waals surface area contributed by atoms with Crippen LogP contribution in [0.1, 0.15) is 5.56 Å². The zero-order valence-corrected chi connectivity index (χ0v) is 12.2. The number of sulfonamides is 1. The smallest absolute Gasteiger partial charge is 0.238 e. The van der Waals surface area contributed by atoms with E-state index in [0.717, 1.165) is 11.3 Å². The molecule has 0 aliphatic carbocycles. The number of benzene rings is 2. The number of nitrogens with zero attached hydrogens (tertiary/aromatic N) is 1. The summed E-state index contributed by atoms with van der Waals surface area (Å²) in [6, 6.07) is 12.4. The van der Waals surface area contributed by atoms with Gasteiger partial charge in [0.25, 0.3) is 0 Å². The van der Waals surface area contributed by atoms with Gasteiger partial charge in [0.05, 0.1) is 4.90 Å². The molecule has 0 spiro atoms. The van der Waals surface area contributed by atoms with Crippen molar-refractivity contribution >= 4 is 27.1 Å². The van der Waals surface area contributed by atoms with Crippen molar-refractivity contribution in [3.8, 4) is 0 Å². The molecule has 20 heavy (non-hydrogen) atoms. The van der Waals surface area contributed by atoms with Crippen molar-refractivity contribution in [2.45, 2.75) is 11.8 Å². The second kappa shape index (κ2) is 5.15. The summed E-state index contributed by atoms with van der Waals surface area (Å²) in [5.74, 6) is 0. The van der Waals surface area contributed by atoms with Crippen LogP contribution in [0.15, 0.2) is 47.4 Å². The molecule has 0 radical (unpaired) electrons. The lowest BCUT2D eigenvalue weighted by atomic mass is 10.1. The fraction of sp³-hybridized carbons (Fsp3) is 0.143. The minimum atomic E-state index is -3.78. The van der Waals surface area contributed by atoms with Gasteiger partial charge < -0.3 is 10.6 Å². The number of primary sulfonamides is 1. The van der Waals surface area contributed by atoms with E-state index >= 15 is 0 Å². The average molecular weight is 291 g/mol. The van der Waals surface area contributed by atoms with Gasteiger partial charge in [0, 0.05) is 24.1 Å². The van der Waals surface area contributed by atoms with Crippen molar-refractivity contribution in [2.75, 3.05) is 17.7 Å². The Hall–Kier alpha value is -2.05. The molecular weight excluding hydrogens is 274 g/mol. The van der Waals surface area contributed by atoms with Gasteiger partial charge in [-0.1, -0.05) is 18.2 Å². The van der Waals surface area contributed by atoms with E-state index in [1.807, 2.05) is 43.1 Å². The second-order valence-electron chi connectivity index (χ2n) is 4.65. The molecule has 2 aromatic carbocycles. The van der Waals surface area contributed by atoms with Crippen LogP contribution < -0.4 is 15.8 Å². The molecule has 2 aromatic rings. The highest BCUT2D eigenvalue weighted by Crippen LogP contribution is 2.29. The zero-order chi connectivity index (χ0) is 14.9. The minimum Gasteiger partial charge on any atom is -0.399 e. The summed E-state index contributed by atoms with van der Waals surface area (Å²) >= 11 is 0. The Labute approximate surface area is 118 Å². The van der Waals surface area contributed by atoms with Crippen LogP contribution in [0.3, 0.4) is 0 Å². The van der Waals surface area contributed by atoms with E-state index in [9.17, 15) is 8.42 Å². The normalized spacial score (nSPS) is 11.3. The van der Waals surface area contributed by atoms with E-state index in [-0.39, 0.29) is 4.90 Å². The van der Waals surface area contributed by atoms with Crippen LogP contribution in [0.4, 0.5) is 17.1 Å². The molecule has 0 fully saturated rings. The molecule has 0 aliphatic rings. The Morgan fingerprint density at radius 3 is 2.35 bits per heavy atom. The molecule has 0 saturated carbocycles. The predicted octanol–water partition coefficient (Wildman–Crippen LogP) is 1.99. The first-order valence-corrected chi connectivity index (χ1v) is 7.56. The first-order valence-electron chi connectivity index (χ1n) is 6.02. The lowest BCUT2D eigenvalue weighted by molar-refractivity contribution is 0.598. The van der Waals surface area contributed by atoms with Gasteiger partial charge in [0.1, 0.15) is 0 Å². The first-order chi connectivity index (χ1) is 9.29. The van der Waals surface area contributed by atoms with Gasteiger partial charge in [-0.05, 0) is 36.8 Å². The van der Waals surface area contributed by atoms with Crippen LogP contribution in [-0.4, -0.2) is 15.5 Å². The van der Waals surface area contributed by atoms with Crippen LogP contribution in [-0.2, 0) is 10.0 Å². The Balaban J connectivity index is 2.53. The summed E-state index contributed by atoms with van der Waals surface area (Å²) in [7, 11) is -1.93. The topological polar surface area (TPSA) is 89.4 Å². The molecule has 5 nitrogen and oxygen atoms in total. The monoisotopic (exact) mass is 291 g/mol. The maximum Gasteiger partial charge on any atom is 0.238 e. The number of para-hydroxylation sites is 1. The molecule has 4 N–H and O–H groups in total. The highest BCUT2D eigenvalue weighted by Gasteiger charge is 2.13. The number of aryl methyl sites for hydroxylation is 1. The molecule has 2 rings (SSSR count). The largest absolute Gasteiger partial charge is 0.399 e. The van der Waals surface area contributed by atoms with E-state index in [1.54, 1.807) is 6.07 Å². The standard InChI is InChI=1S/C14H17N3O2S/c1-10-5-3-4-6-14(10)17(2)12-7-11(15)8-13(9-12)20(16,18)19/h3-9H,15H2,1-2H3,(H2,16,18,19). The summed E-state index contributed by atoms with van der Waals surface area (Å²) < 4.78 is 22.9. The Morgan fingerprint density at radius 1 is 1.10 bits per heavy atom. The number of anilines is 3. The van der Waals surface area contributed by atoms with Crippen LogP contribution in [0, 0.1) is 6.92 Å². The average Bonchev–Trinajstić information content (AvgIpc) is 2.37. The van der Waals surface area contributed by atoms with Crippen LogP contribution >= 0.6 is 0 Å². The molecule has 6 heteroatoms. The Bertz CT molecular complexity index is 742. The van der Waals surface area contributed by atoms with E-state index in [2.05, 4.69) is 0 Å². The fourth-order valence-corrected chi connectivity index (χ4v) is 2.63. The van der Waals surface area contributed by atoms with Gasteiger partial charge in [-0.25, -0.2) is 13.6 Å². The van der Waals surface area contributed by atoms with Crippen molar-refractivity contribution in [2.24, 2.45) is 5.14 Å². The number of hydrogen-bond donors (Lipinski definition) is 2. The lowest BCUT2D eigenvalue weighted by Crippen LogP contribution is -2.15. The maximum atomic E-state index is 11.5. The summed E-state index contributed by atoms with van der Waals surface area (Å²) in [6.45, 7) is 1.98. The third-order valence-corrected chi connectivity index (χ3v) is 4.00. The zero-order valence-electron chi connectivity index (χ0n) is 11.4. The molecule has 0 unspecified atom stereocenters. The van der Waals surface area contributed by atoms with Crippen molar-refractivity contribution < 1.29 is 8.42 Å². The fourth-order valence-electron chi connectivity index (χ4n) is 2.04. The number of rotatable bonds is 3. The molecule has 0 amide bonds. The molecule has 0 bridgehead atoms. The summed E-state index contributed by atoms with van der Waals surface area (Å²) in [4.78, 5) is 1.88. The van der Waals surface area contributed by atoms with Crippen molar-refractivity contribution in [1.82, 2.24) is 0 Å². The van der Waals surface area contributed by atoms with Crippen molar-refractivity contribution in [1.29, 1.82) is 0 Å². The van der Waals surface area contributed by atoms with Gasteiger partial charge >= 0.3 is 0 Å². The van der Waals surface area contributed by atoms with Gasteiger partial charge in [-0.2, -0.15) is 0 Å². The third-order valence-electron chi connectivity index (χ3n) is 3.11. The Morgan fingerprint density at radius 2 is 1.75 bits per heavy atom. The van der Waals surface area contributed by atoms with Crippen LogP contribution in [0.2, 0.25) is 0 Å². The van der Waals surface area contributed by atoms with Gasteiger partial charge in [-0.15, -0.1) is 0 Å². The molecule has 0 atom stereocenters. The Kier molecular flexibility index (Phi) is 3.69. The number of nitrogen functional groups attached to an aromatic ring is 1. The molecule has 0 heterocycles. The van der Waals surface area contributed by atoms with E-state index in [4.69, 9.17) is 10.9 Å². The molecule has 0 aromatic heterocycles.